The fraction of sp³-hybridized carbons (Fsp3) is 0.438. The maximum atomic E-state index is 12.6. The normalized spacial score (nSPS) is 17.3. The summed E-state index contributed by atoms with van der Waals surface area (Å²) in [4.78, 5) is 0.268. The van der Waals surface area contributed by atoms with Crippen LogP contribution in [-0.2, 0) is 17.1 Å². The quantitative estimate of drug-likeness (QED) is 0.928. The van der Waals surface area contributed by atoms with Gasteiger partial charge in [-0.3, -0.25) is 4.68 Å². The van der Waals surface area contributed by atoms with Gasteiger partial charge in [0.2, 0.25) is 10.0 Å². The van der Waals surface area contributed by atoms with Crippen molar-refractivity contribution in [3.05, 3.63) is 42.2 Å². The molecule has 1 aromatic carbocycles. The van der Waals surface area contributed by atoms with E-state index in [4.69, 9.17) is 0 Å². The molecular weight excluding hydrogens is 312 g/mol. The van der Waals surface area contributed by atoms with Crippen molar-refractivity contribution in [3.63, 3.8) is 0 Å². The van der Waals surface area contributed by atoms with Gasteiger partial charge in [0.1, 0.15) is 4.90 Å². The second-order valence-electron chi connectivity index (χ2n) is 6.04. The summed E-state index contributed by atoms with van der Waals surface area (Å²) < 4.78 is 28.2. The molecule has 0 spiro atoms. The molecule has 0 atom stereocenters. The number of aryl methyl sites for hydroxylation is 2. The summed E-state index contributed by atoms with van der Waals surface area (Å²) in [5.41, 5.74) is 2.32. The number of aromatic nitrogens is 2. The summed E-state index contributed by atoms with van der Waals surface area (Å²) in [6, 6.07) is 8.58. The Kier molecular flexibility index (Phi) is 4.41. The average molecular weight is 334 g/mol. The second-order valence-corrected chi connectivity index (χ2v) is 7.98. The first kappa shape index (κ1) is 16.0. The molecule has 1 aliphatic rings. The van der Waals surface area contributed by atoms with Crippen molar-refractivity contribution in [2.75, 3.05) is 18.4 Å². The van der Waals surface area contributed by atoms with Gasteiger partial charge >= 0.3 is 0 Å². The summed E-state index contributed by atoms with van der Waals surface area (Å²) in [6.07, 6.45) is 4.55. The van der Waals surface area contributed by atoms with Crippen molar-refractivity contribution in [1.29, 1.82) is 0 Å². The fourth-order valence-electron chi connectivity index (χ4n) is 2.81. The van der Waals surface area contributed by atoms with Crippen LogP contribution in [0.5, 0.6) is 0 Å². The summed E-state index contributed by atoms with van der Waals surface area (Å²) >= 11 is 0. The van der Waals surface area contributed by atoms with E-state index >= 15 is 0 Å². The Morgan fingerprint density at radius 3 is 2.39 bits per heavy atom. The molecule has 2 heterocycles. The summed E-state index contributed by atoms with van der Waals surface area (Å²) in [7, 11) is -1.70. The van der Waals surface area contributed by atoms with Gasteiger partial charge in [0.25, 0.3) is 0 Å². The van der Waals surface area contributed by atoms with E-state index in [1.165, 1.54) is 16.4 Å². The number of piperidine rings is 1. The van der Waals surface area contributed by atoms with Crippen molar-refractivity contribution in [3.8, 4) is 0 Å². The van der Waals surface area contributed by atoms with Gasteiger partial charge in [-0.1, -0.05) is 17.7 Å². The number of anilines is 1. The summed E-state index contributed by atoms with van der Waals surface area (Å²) in [5.74, 6) is 0. The van der Waals surface area contributed by atoms with E-state index in [1.807, 2.05) is 0 Å². The van der Waals surface area contributed by atoms with Crippen LogP contribution in [-0.4, -0.2) is 41.6 Å². The van der Waals surface area contributed by atoms with Crippen molar-refractivity contribution in [2.24, 2.45) is 7.05 Å². The van der Waals surface area contributed by atoms with Gasteiger partial charge in [-0.25, -0.2) is 8.42 Å². The van der Waals surface area contributed by atoms with Crippen LogP contribution in [0.25, 0.3) is 0 Å². The Hall–Kier alpha value is -1.86. The number of benzene rings is 1. The molecule has 1 saturated heterocycles. The molecule has 1 N–H and O–H groups in total. The molecule has 124 valence electrons. The third-order valence-corrected chi connectivity index (χ3v) is 6.05. The number of nitrogens with one attached hydrogen (secondary N) is 1. The first-order valence-electron chi connectivity index (χ1n) is 7.77. The van der Waals surface area contributed by atoms with Crippen molar-refractivity contribution < 1.29 is 8.42 Å². The van der Waals surface area contributed by atoms with Crippen molar-refractivity contribution in [2.45, 2.75) is 30.7 Å². The molecule has 0 aliphatic carbocycles. The molecule has 3 rings (SSSR count). The van der Waals surface area contributed by atoms with Crippen molar-refractivity contribution in [1.82, 2.24) is 14.1 Å². The van der Waals surface area contributed by atoms with Gasteiger partial charge in [0.15, 0.2) is 0 Å². The topological polar surface area (TPSA) is 67.2 Å². The number of hydrogen-bond acceptors (Lipinski definition) is 4. The van der Waals surface area contributed by atoms with Crippen LogP contribution in [0.2, 0.25) is 0 Å². The standard InChI is InChI=1S/C16H22N4O2S/c1-13-3-5-14(6-4-13)18-15-7-9-20(10-8-15)23(21,22)16-11-17-19(2)12-16/h3-6,11-12,15,18H,7-10H2,1-2H3. The van der Waals surface area contributed by atoms with E-state index in [0.29, 0.717) is 19.1 Å². The molecule has 0 radical (unpaired) electrons. The van der Waals surface area contributed by atoms with Gasteiger partial charge in [0.05, 0.1) is 6.20 Å². The van der Waals surface area contributed by atoms with Crippen LogP contribution in [0.15, 0.2) is 41.6 Å². The van der Waals surface area contributed by atoms with Crippen LogP contribution in [0.4, 0.5) is 5.69 Å². The first-order valence-corrected chi connectivity index (χ1v) is 9.21. The van der Waals surface area contributed by atoms with Crippen LogP contribution in [0.3, 0.4) is 0 Å². The molecular formula is C16H22N4O2S. The Morgan fingerprint density at radius 1 is 1.17 bits per heavy atom. The van der Waals surface area contributed by atoms with Gasteiger partial charge in [-0.05, 0) is 31.9 Å². The number of rotatable bonds is 4. The zero-order valence-corrected chi connectivity index (χ0v) is 14.3. The number of hydrogen-bond donors (Lipinski definition) is 1. The maximum Gasteiger partial charge on any atom is 0.246 e. The van der Waals surface area contributed by atoms with E-state index in [1.54, 1.807) is 17.5 Å². The molecule has 0 amide bonds. The highest BCUT2D eigenvalue weighted by Crippen LogP contribution is 2.22. The minimum Gasteiger partial charge on any atom is -0.382 e. The summed E-state index contributed by atoms with van der Waals surface area (Å²) in [6.45, 7) is 3.12. The predicted molar refractivity (Wildman–Crippen MR) is 89.8 cm³/mol. The van der Waals surface area contributed by atoms with Gasteiger partial charge < -0.3 is 5.32 Å². The average Bonchev–Trinajstić information content (AvgIpc) is 2.98. The Labute approximate surface area is 137 Å². The van der Waals surface area contributed by atoms with Crippen molar-refractivity contribution >= 4 is 15.7 Å². The molecule has 0 unspecified atom stereocenters. The molecule has 0 saturated carbocycles. The van der Waals surface area contributed by atoms with E-state index < -0.39 is 10.0 Å². The van der Waals surface area contributed by atoms with E-state index in [0.717, 1.165) is 18.5 Å². The summed E-state index contributed by atoms with van der Waals surface area (Å²) in [5, 5.41) is 7.44. The molecule has 2 aromatic rings. The molecule has 0 bridgehead atoms. The van der Waals surface area contributed by atoms with E-state index in [2.05, 4.69) is 41.6 Å². The predicted octanol–water partition coefficient (Wildman–Crippen LogP) is 1.99. The number of nitrogens with zero attached hydrogens (tertiary/aromatic N) is 3. The molecule has 7 heteroatoms. The Bertz CT molecular complexity index is 760. The molecule has 23 heavy (non-hydrogen) atoms. The Balaban J connectivity index is 1.61. The molecule has 1 aromatic heterocycles. The minimum atomic E-state index is -3.42. The minimum absolute atomic E-state index is 0.268. The van der Waals surface area contributed by atoms with Crippen LogP contribution in [0.1, 0.15) is 18.4 Å². The van der Waals surface area contributed by atoms with Gasteiger partial charge in [-0.2, -0.15) is 9.40 Å². The lowest BCUT2D eigenvalue weighted by molar-refractivity contribution is 0.329. The van der Waals surface area contributed by atoms with Crippen LogP contribution >= 0.6 is 0 Å². The smallest absolute Gasteiger partial charge is 0.246 e. The van der Waals surface area contributed by atoms with Crippen LogP contribution in [0, 0.1) is 6.92 Å². The highest BCUT2D eigenvalue weighted by atomic mass is 32.2. The lowest BCUT2D eigenvalue weighted by Gasteiger charge is -2.31. The fourth-order valence-corrected chi connectivity index (χ4v) is 4.26. The largest absolute Gasteiger partial charge is 0.382 e. The zero-order valence-electron chi connectivity index (χ0n) is 13.4. The van der Waals surface area contributed by atoms with E-state index in [-0.39, 0.29) is 4.90 Å². The zero-order chi connectivity index (χ0) is 16.4. The van der Waals surface area contributed by atoms with E-state index in [9.17, 15) is 8.42 Å². The van der Waals surface area contributed by atoms with Gasteiger partial charge in [-0.15, -0.1) is 0 Å². The molecule has 6 nitrogen and oxygen atoms in total. The molecule has 1 fully saturated rings. The highest BCUT2D eigenvalue weighted by molar-refractivity contribution is 7.89. The molecule has 1 aliphatic heterocycles. The second kappa shape index (κ2) is 6.33. The number of sulfonamides is 1. The Morgan fingerprint density at radius 2 is 1.83 bits per heavy atom. The van der Waals surface area contributed by atoms with Gasteiger partial charge in [0, 0.05) is 38.1 Å². The maximum absolute atomic E-state index is 12.6. The SMILES string of the molecule is Cc1ccc(NC2CCN(S(=O)(=O)c3cnn(C)c3)CC2)cc1. The highest BCUT2D eigenvalue weighted by Gasteiger charge is 2.30. The monoisotopic (exact) mass is 334 g/mol. The van der Waals surface area contributed by atoms with Crippen LogP contribution < -0.4 is 5.32 Å². The third kappa shape index (κ3) is 3.56. The lowest BCUT2D eigenvalue weighted by Crippen LogP contribution is -2.42. The lowest BCUT2D eigenvalue weighted by atomic mass is 10.1. The third-order valence-electron chi connectivity index (χ3n) is 4.20. The first-order chi connectivity index (χ1) is 10.9.